The molecular formula is C17H18ClNO2. The molecule has 0 aliphatic carbocycles. The van der Waals surface area contributed by atoms with Gasteiger partial charge in [-0.2, -0.15) is 0 Å². The van der Waals surface area contributed by atoms with Gasteiger partial charge in [-0.15, -0.1) is 5.92 Å². The summed E-state index contributed by atoms with van der Waals surface area (Å²) in [4.78, 5) is 13.7. The molecule has 1 amide bonds. The van der Waals surface area contributed by atoms with Crippen molar-refractivity contribution in [3.05, 3.63) is 34.9 Å². The Labute approximate surface area is 130 Å². The fourth-order valence-corrected chi connectivity index (χ4v) is 2.57. The van der Waals surface area contributed by atoms with Gasteiger partial charge in [-0.3, -0.25) is 4.79 Å². The summed E-state index contributed by atoms with van der Waals surface area (Å²) in [7, 11) is 0. The van der Waals surface area contributed by atoms with Crippen molar-refractivity contribution in [1.29, 1.82) is 0 Å². The molecule has 21 heavy (non-hydrogen) atoms. The number of halogens is 1. The summed E-state index contributed by atoms with van der Waals surface area (Å²) in [6.07, 6.45) is 3.38. The number of benzene rings is 1. The van der Waals surface area contributed by atoms with Crippen molar-refractivity contribution >= 4 is 23.2 Å². The second kappa shape index (κ2) is 7.19. The largest absolute Gasteiger partial charge is 0.481 e. The molecule has 0 atom stereocenters. The number of carbonyl (C=O) groups is 1. The second-order valence-electron chi connectivity index (χ2n) is 4.62. The van der Waals surface area contributed by atoms with E-state index in [9.17, 15) is 4.79 Å². The normalized spacial score (nSPS) is 14.3. The van der Waals surface area contributed by atoms with E-state index in [0.717, 1.165) is 17.7 Å². The zero-order valence-electron chi connectivity index (χ0n) is 12.3. The van der Waals surface area contributed by atoms with Gasteiger partial charge in [0, 0.05) is 24.2 Å². The molecular weight excluding hydrogens is 286 g/mol. The summed E-state index contributed by atoms with van der Waals surface area (Å²) in [6, 6.07) is 5.51. The molecule has 0 fully saturated rings. The van der Waals surface area contributed by atoms with E-state index in [0.29, 0.717) is 30.3 Å². The van der Waals surface area contributed by atoms with Gasteiger partial charge in [-0.25, -0.2) is 0 Å². The smallest absolute Gasteiger partial charge is 0.227 e. The Hall–Kier alpha value is -1.92. The lowest BCUT2D eigenvalue weighted by atomic mass is 10.0. The number of nitrogens with zero attached hydrogens (tertiary/aromatic N) is 1. The topological polar surface area (TPSA) is 29.5 Å². The summed E-state index contributed by atoms with van der Waals surface area (Å²) in [5.74, 6) is 6.43. The third kappa shape index (κ3) is 3.59. The molecule has 0 saturated heterocycles. The monoisotopic (exact) mass is 303 g/mol. The van der Waals surface area contributed by atoms with E-state index in [1.165, 1.54) is 0 Å². The first-order valence-corrected chi connectivity index (χ1v) is 7.38. The Morgan fingerprint density at radius 2 is 2.24 bits per heavy atom. The molecule has 4 heteroatoms. The van der Waals surface area contributed by atoms with Crippen LogP contribution in [0.1, 0.15) is 32.3 Å². The maximum atomic E-state index is 12.0. The molecule has 2 rings (SSSR count). The van der Waals surface area contributed by atoms with Gasteiger partial charge >= 0.3 is 0 Å². The van der Waals surface area contributed by atoms with Crippen molar-refractivity contribution < 1.29 is 9.53 Å². The summed E-state index contributed by atoms with van der Waals surface area (Å²) < 4.78 is 5.49. The highest BCUT2D eigenvalue weighted by molar-refractivity contribution is 6.32. The van der Waals surface area contributed by atoms with Gasteiger partial charge in [0.15, 0.2) is 0 Å². The molecule has 1 heterocycles. The minimum Gasteiger partial charge on any atom is -0.481 e. The zero-order chi connectivity index (χ0) is 15.2. The van der Waals surface area contributed by atoms with Crippen LogP contribution in [0.3, 0.4) is 0 Å². The molecule has 1 aliphatic rings. The molecule has 0 aromatic heterocycles. The van der Waals surface area contributed by atoms with Crippen LogP contribution in [-0.4, -0.2) is 24.0 Å². The fraction of sp³-hybridized carbons (Fsp3) is 0.353. The molecule has 0 N–H and O–H groups in total. The quantitative estimate of drug-likeness (QED) is 0.793. The summed E-state index contributed by atoms with van der Waals surface area (Å²) in [6.45, 7) is 4.72. The number of ether oxygens (including phenoxy) is 1. The predicted octanol–water partition coefficient (Wildman–Crippen LogP) is 3.73. The average molecular weight is 304 g/mol. The van der Waals surface area contributed by atoms with Gasteiger partial charge < -0.3 is 9.64 Å². The lowest BCUT2D eigenvalue weighted by Gasteiger charge is -2.28. The fourth-order valence-electron chi connectivity index (χ4n) is 2.30. The molecule has 3 nitrogen and oxygen atoms in total. The maximum Gasteiger partial charge on any atom is 0.227 e. The van der Waals surface area contributed by atoms with E-state index in [1.807, 2.05) is 19.1 Å². The maximum absolute atomic E-state index is 12.0. The van der Waals surface area contributed by atoms with Gasteiger partial charge in [-0.05, 0) is 38.5 Å². The van der Waals surface area contributed by atoms with Crippen LogP contribution in [0.5, 0.6) is 5.75 Å². The average Bonchev–Trinajstić information content (AvgIpc) is 2.47. The zero-order valence-corrected chi connectivity index (χ0v) is 13.0. The summed E-state index contributed by atoms with van der Waals surface area (Å²) in [5, 5.41) is 0.580. The number of amides is 1. The highest BCUT2D eigenvalue weighted by atomic mass is 35.5. The lowest BCUT2D eigenvalue weighted by molar-refractivity contribution is -0.128. The molecule has 0 unspecified atom stereocenters. The molecule has 1 aromatic rings. The first kappa shape index (κ1) is 15.5. The van der Waals surface area contributed by atoms with E-state index in [2.05, 4.69) is 17.9 Å². The van der Waals surface area contributed by atoms with Crippen LogP contribution in [0, 0.1) is 11.8 Å². The van der Waals surface area contributed by atoms with Crippen LogP contribution in [-0.2, 0) is 4.79 Å². The number of rotatable bonds is 4. The van der Waals surface area contributed by atoms with Crippen LogP contribution in [0.15, 0.2) is 24.3 Å². The van der Waals surface area contributed by atoms with Crippen molar-refractivity contribution in [3.8, 4) is 17.6 Å². The van der Waals surface area contributed by atoms with E-state index >= 15 is 0 Å². The molecule has 0 radical (unpaired) electrons. The van der Waals surface area contributed by atoms with Crippen LogP contribution in [0.4, 0.5) is 0 Å². The van der Waals surface area contributed by atoms with Gasteiger partial charge in [0.05, 0.1) is 5.02 Å². The number of allylic oxidation sites excluding steroid dienone is 1. The van der Waals surface area contributed by atoms with Crippen molar-refractivity contribution in [2.75, 3.05) is 13.2 Å². The van der Waals surface area contributed by atoms with Crippen molar-refractivity contribution in [2.24, 2.45) is 0 Å². The van der Waals surface area contributed by atoms with Gasteiger partial charge in [0.25, 0.3) is 0 Å². The molecule has 1 aliphatic heterocycles. The first-order chi connectivity index (χ1) is 10.2. The third-order valence-electron chi connectivity index (χ3n) is 3.31. The Morgan fingerprint density at radius 3 is 2.90 bits per heavy atom. The molecule has 0 spiro atoms. The minimum atomic E-state index is 0.143. The van der Waals surface area contributed by atoms with Crippen LogP contribution in [0.2, 0.25) is 5.02 Å². The number of hydrogen-bond donors (Lipinski definition) is 0. The lowest BCUT2D eigenvalue weighted by Crippen LogP contribution is -2.31. The van der Waals surface area contributed by atoms with E-state index in [4.69, 9.17) is 16.3 Å². The Balaban J connectivity index is 2.25. The predicted molar refractivity (Wildman–Crippen MR) is 85.0 cm³/mol. The van der Waals surface area contributed by atoms with E-state index < -0.39 is 0 Å². The molecule has 1 aromatic carbocycles. The highest BCUT2D eigenvalue weighted by Gasteiger charge is 2.22. The Kier molecular flexibility index (Phi) is 5.30. The summed E-state index contributed by atoms with van der Waals surface area (Å²) in [5.41, 5.74) is 1.75. The van der Waals surface area contributed by atoms with Gasteiger partial charge in [0.2, 0.25) is 5.91 Å². The third-order valence-corrected chi connectivity index (χ3v) is 3.62. The number of hydrogen-bond acceptors (Lipinski definition) is 2. The molecule has 0 bridgehead atoms. The van der Waals surface area contributed by atoms with Crippen molar-refractivity contribution in [3.63, 3.8) is 0 Å². The second-order valence-corrected chi connectivity index (χ2v) is 5.03. The first-order valence-electron chi connectivity index (χ1n) is 7.00. The summed E-state index contributed by atoms with van der Waals surface area (Å²) >= 11 is 6.35. The molecule has 0 saturated carbocycles. The Morgan fingerprint density at radius 1 is 1.43 bits per heavy atom. The SMILES string of the molecule is CC#CCOc1ccc(C2=CCCC(=O)N2CC)c(Cl)c1. The van der Waals surface area contributed by atoms with Crippen LogP contribution < -0.4 is 4.74 Å². The minimum absolute atomic E-state index is 0.143. The van der Waals surface area contributed by atoms with Crippen LogP contribution in [0.25, 0.3) is 5.70 Å². The van der Waals surface area contributed by atoms with Crippen LogP contribution >= 0.6 is 11.6 Å². The van der Waals surface area contributed by atoms with E-state index in [-0.39, 0.29) is 5.91 Å². The van der Waals surface area contributed by atoms with Crippen molar-refractivity contribution in [2.45, 2.75) is 26.7 Å². The standard InChI is InChI=1S/C17H18ClNO2/c1-3-5-11-21-13-9-10-14(15(18)12-13)16-7-6-8-17(20)19(16)4-2/h7,9-10,12H,4,6,8,11H2,1-2H3. The van der Waals surface area contributed by atoms with Gasteiger partial charge in [-0.1, -0.05) is 23.6 Å². The Bertz CT molecular complexity index is 625. The van der Waals surface area contributed by atoms with Gasteiger partial charge in [0.1, 0.15) is 12.4 Å². The van der Waals surface area contributed by atoms with E-state index in [1.54, 1.807) is 17.9 Å². The highest BCUT2D eigenvalue weighted by Crippen LogP contribution is 2.32. The van der Waals surface area contributed by atoms with Crippen molar-refractivity contribution in [1.82, 2.24) is 4.90 Å². The molecule has 110 valence electrons. The number of carbonyl (C=O) groups excluding carboxylic acids is 1.